The largest absolute Gasteiger partial charge is 0.516 e. The zero-order valence-corrected chi connectivity index (χ0v) is 8.96. The van der Waals surface area contributed by atoms with E-state index in [0.717, 1.165) is 25.9 Å². The minimum absolute atomic E-state index is 0.0699. The van der Waals surface area contributed by atoms with E-state index in [4.69, 9.17) is 10.2 Å². The normalized spacial score (nSPS) is 23.9. The number of likely N-dealkylation sites (N-methyl/N-ethyl adjacent to an activating group) is 1. The van der Waals surface area contributed by atoms with Gasteiger partial charge >= 0.3 is 5.97 Å². The molecule has 0 aromatic heterocycles. The van der Waals surface area contributed by atoms with Crippen LogP contribution < -0.4 is 0 Å². The molecule has 0 aromatic carbocycles. The second kappa shape index (κ2) is 5.72. The minimum atomic E-state index is -0.800. The molecule has 1 rings (SSSR count). The summed E-state index contributed by atoms with van der Waals surface area (Å²) in [5.74, 6) is -0.800. The van der Waals surface area contributed by atoms with Gasteiger partial charge in [-0.25, -0.2) is 0 Å². The highest BCUT2D eigenvalue weighted by Crippen LogP contribution is 2.17. The lowest BCUT2D eigenvalue weighted by Crippen LogP contribution is -2.40. The monoisotopic (exact) mass is 214 g/mol. The standard InChI is InChI=1S/C10H18N2O3/c1-2-11-5-6-12(8-10(14)15)9(11)4-3-7-13/h3,7,9,13H,2,4-6,8H2,1H3,(H,14,15). The first-order valence-corrected chi connectivity index (χ1v) is 5.18. The van der Waals surface area contributed by atoms with E-state index in [1.807, 2.05) is 4.90 Å². The van der Waals surface area contributed by atoms with Crippen LogP contribution in [0, 0.1) is 0 Å². The molecule has 0 aromatic rings. The number of aliphatic carboxylic acids is 1. The number of carboxylic acid groups (broad SMARTS) is 1. The van der Waals surface area contributed by atoms with Gasteiger partial charge in [-0.15, -0.1) is 0 Å². The van der Waals surface area contributed by atoms with Crippen LogP contribution in [0.25, 0.3) is 0 Å². The van der Waals surface area contributed by atoms with E-state index < -0.39 is 5.97 Å². The SMILES string of the molecule is CCN1CCN(CC(=O)O)C1CC=CO. The lowest BCUT2D eigenvalue weighted by molar-refractivity contribution is -0.138. The van der Waals surface area contributed by atoms with Crippen molar-refractivity contribution in [2.24, 2.45) is 0 Å². The number of hydrogen-bond donors (Lipinski definition) is 2. The Balaban J connectivity index is 2.58. The number of aliphatic hydroxyl groups is 1. The topological polar surface area (TPSA) is 64.0 Å². The first-order valence-electron chi connectivity index (χ1n) is 5.18. The summed E-state index contributed by atoms with van der Waals surface area (Å²) in [6.45, 7) is 4.71. The number of aliphatic hydroxyl groups excluding tert-OH is 1. The fourth-order valence-corrected chi connectivity index (χ4v) is 1.99. The molecule has 1 aliphatic heterocycles. The summed E-state index contributed by atoms with van der Waals surface area (Å²) in [4.78, 5) is 14.8. The Morgan fingerprint density at radius 2 is 2.13 bits per heavy atom. The summed E-state index contributed by atoms with van der Waals surface area (Å²) in [5.41, 5.74) is 0. The van der Waals surface area contributed by atoms with Crippen LogP contribution in [0.3, 0.4) is 0 Å². The van der Waals surface area contributed by atoms with Crippen LogP contribution in [0.1, 0.15) is 13.3 Å². The van der Waals surface area contributed by atoms with E-state index in [2.05, 4.69) is 11.8 Å². The Morgan fingerprint density at radius 1 is 1.47 bits per heavy atom. The van der Waals surface area contributed by atoms with Gasteiger partial charge in [0, 0.05) is 13.1 Å². The highest BCUT2D eigenvalue weighted by atomic mass is 16.4. The molecule has 0 saturated carbocycles. The highest BCUT2D eigenvalue weighted by Gasteiger charge is 2.30. The van der Waals surface area contributed by atoms with E-state index in [-0.39, 0.29) is 12.7 Å². The van der Waals surface area contributed by atoms with E-state index >= 15 is 0 Å². The molecule has 2 N–H and O–H groups in total. The molecule has 5 nitrogen and oxygen atoms in total. The first-order chi connectivity index (χ1) is 7.19. The van der Waals surface area contributed by atoms with E-state index in [1.54, 1.807) is 6.08 Å². The number of rotatable bonds is 5. The Labute approximate surface area is 89.6 Å². The third-order valence-corrected chi connectivity index (χ3v) is 2.71. The molecule has 1 saturated heterocycles. The van der Waals surface area contributed by atoms with Gasteiger partial charge in [0.1, 0.15) is 0 Å². The molecule has 0 amide bonds. The Hall–Kier alpha value is -1.07. The van der Waals surface area contributed by atoms with Gasteiger partial charge in [0.2, 0.25) is 0 Å². The van der Waals surface area contributed by atoms with Crippen molar-refractivity contribution >= 4 is 5.97 Å². The molecule has 86 valence electrons. The van der Waals surface area contributed by atoms with Crippen LogP contribution in [0.4, 0.5) is 0 Å². The van der Waals surface area contributed by atoms with Gasteiger partial charge in [-0.1, -0.05) is 6.92 Å². The number of carboxylic acids is 1. The molecule has 0 bridgehead atoms. The summed E-state index contributed by atoms with van der Waals surface area (Å²) in [5, 5.41) is 17.4. The van der Waals surface area contributed by atoms with Crippen molar-refractivity contribution in [1.29, 1.82) is 0 Å². The fourth-order valence-electron chi connectivity index (χ4n) is 1.99. The van der Waals surface area contributed by atoms with Gasteiger partial charge < -0.3 is 10.2 Å². The van der Waals surface area contributed by atoms with E-state index in [0.29, 0.717) is 6.42 Å². The minimum Gasteiger partial charge on any atom is -0.516 e. The summed E-state index contributed by atoms with van der Waals surface area (Å²) >= 11 is 0. The maximum atomic E-state index is 10.6. The predicted octanol–water partition coefficient (Wildman–Crippen LogP) is 0.496. The molecule has 0 spiro atoms. The quantitative estimate of drug-likeness (QED) is 0.652. The Morgan fingerprint density at radius 3 is 2.67 bits per heavy atom. The van der Waals surface area contributed by atoms with Crippen molar-refractivity contribution in [3.05, 3.63) is 12.3 Å². The molecule has 15 heavy (non-hydrogen) atoms. The molecule has 1 heterocycles. The predicted molar refractivity (Wildman–Crippen MR) is 56.6 cm³/mol. The van der Waals surface area contributed by atoms with Gasteiger partial charge in [-0.2, -0.15) is 0 Å². The number of carbonyl (C=O) groups is 1. The van der Waals surface area contributed by atoms with Gasteiger partial charge in [0.25, 0.3) is 0 Å². The van der Waals surface area contributed by atoms with Gasteiger partial charge in [0.15, 0.2) is 0 Å². The second-order valence-electron chi connectivity index (χ2n) is 3.59. The Kier molecular flexibility index (Phi) is 4.58. The van der Waals surface area contributed by atoms with Crippen molar-refractivity contribution in [2.75, 3.05) is 26.2 Å². The molecular weight excluding hydrogens is 196 g/mol. The van der Waals surface area contributed by atoms with Crippen LogP contribution in [-0.4, -0.2) is 58.3 Å². The molecule has 1 fully saturated rings. The van der Waals surface area contributed by atoms with Crippen LogP contribution in [-0.2, 0) is 4.79 Å². The van der Waals surface area contributed by atoms with Crippen molar-refractivity contribution in [3.8, 4) is 0 Å². The number of nitrogens with zero attached hydrogens (tertiary/aromatic N) is 2. The van der Waals surface area contributed by atoms with Crippen LogP contribution in [0.5, 0.6) is 0 Å². The van der Waals surface area contributed by atoms with Crippen molar-refractivity contribution in [2.45, 2.75) is 19.5 Å². The summed E-state index contributed by atoms with van der Waals surface area (Å²) < 4.78 is 0. The third-order valence-electron chi connectivity index (χ3n) is 2.71. The molecule has 1 aliphatic rings. The zero-order valence-electron chi connectivity index (χ0n) is 8.96. The lowest BCUT2D eigenvalue weighted by Gasteiger charge is -2.27. The van der Waals surface area contributed by atoms with Crippen LogP contribution >= 0.6 is 0 Å². The fraction of sp³-hybridized carbons (Fsp3) is 0.700. The van der Waals surface area contributed by atoms with Gasteiger partial charge in [0.05, 0.1) is 19.0 Å². The van der Waals surface area contributed by atoms with Crippen molar-refractivity contribution < 1.29 is 15.0 Å². The smallest absolute Gasteiger partial charge is 0.317 e. The first kappa shape index (κ1) is 12.0. The second-order valence-corrected chi connectivity index (χ2v) is 3.59. The Bertz CT molecular complexity index is 243. The maximum Gasteiger partial charge on any atom is 0.317 e. The molecule has 5 heteroatoms. The number of hydrogen-bond acceptors (Lipinski definition) is 4. The third kappa shape index (κ3) is 3.21. The molecule has 1 atom stereocenters. The van der Waals surface area contributed by atoms with Crippen LogP contribution in [0.2, 0.25) is 0 Å². The lowest BCUT2D eigenvalue weighted by atomic mass is 10.3. The highest BCUT2D eigenvalue weighted by molar-refractivity contribution is 5.69. The maximum absolute atomic E-state index is 10.6. The zero-order chi connectivity index (χ0) is 11.3. The van der Waals surface area contributed by atoms with Crippen LogP contribution in [0.15, 0.2) is 12.3 Å². The van der Waals surface area contributed by atoms with Gasteiger partial charge in [-0.3, -0.25) is 14.6 Å². The average molecular weight is 214 g/mol. The molecule has 0 aliphatic carbocycles. The summed E-state index contributed by atoms with van der Waals surface area (Å²) in [6.07, 6.45) is 3.45. The van der Waals surface area contributed by atoms with Crippen molar-refractivity contribution in [3.63, 3.8) is 0 Å². The van der Waals surface area contributed by atoms with Crippen molar-refractivity contribution in [1.82, 2.24) is 9.80 Å². The van der Waals surface area contributed by atoms with E-state index in [9.17, 15) is 4.79 Å². The van der Waals surface area contributed by atoms with E-state index in [1.165, 1.54) is 0 Å². The summed E-state index contributed by atoms with van der Waals surface area (Å²) in [7, 11) is 0. The summed E-state index contributed by atoms with van der Waals surface area (Å²) in [6, 6.07) is 0. The molecule has 1 unspecified atom stereocenters. The average Bonchev–Trinajstić information content (AvgIpc) is 2.56. The van der Waals surface area contributed by atoms with Gasteiger partial charge in [-0.05, 0) is 19.0 Å². The molecule has 0 radical (unpaired) electrons. The molecular formula is C10H18N2O3.